The molecular weight excluding hydrogens is 106 g/mol. The van der Waals surface area contributed by atoms with Gasteiger partial charge < -0.3 is 10.8 Å². The zero-order valence-corrected chi connectivity index (χ0v) is 4.50. The minimum Gasteiger partial charge on any atom is -0.389 e. The van der Waals surface area contributed by atoms with E-state index in [0.29, 0.717) is 0 Å². The molecule has 46 valence electrons. The fourth-order valence-corrected chi connectivity index (χ4v) is 0.289. The largest absolute Gasteiger partial charge is 0.389 e. The van der Waals surface area contributed by atoms with Gasteiger partial charge in [-0.05, 0) is 0 Å². The summed E-state index contributed by atoms with van der Waals surface area (Å²) in [5.74, 6) is -0.516. The highest BCUT2D eigenvalue weighted by molar-refractivity contribution is 5.74. The third-order valence-corrected chi connectivity index (χ3v) is 0.682. The Labute approximate surface area is 47.8 Å². The lowest BCUT2D eigenvalue weighted by molar-refractivity contribution is -0.119. The van der Waals surface area contributed by atoms with Gasteiger partial charge in [0.2, 0.25) is 5.91 Å². The van der Waals surface area contributed by atoms with Crippen LogP contribution in [0.15, 0.2) is 12.7 Å². The zero-order valence-electron chi connectivity index (χ0n) is 4.50. The van der Waals surface area contributed by atoms with Crippen LogP contribution in [-0.2, 0) is 4.79 Å². The molecule has 0 aliphatic heterocycles. The van der Waals surface area contributed by atoms with Crippen LogP contribution >= 0.6 is 0 Å². The summed E-state index contributed by atoms with van der Waals surface area (Å²) in [6.07, 6.45) is 0.446. The summed E-state index contributed by atoms with van der Waals surface area (Å²) in [7, 11) is 0. The molecule has 0 aromatic carbocycles. The molecule has 8 heavy (non-hydrogen) atoms. The van der Waals surface area contributed by atoms with Gasteiger partial charge in [0.05, 0.1) is 12.5 Å². The average Bonchev–Trinajstić information content (AvgIpc) is 1.65. The van der Waals surface area contributed by atoms with Gasteiger partial charge in [0.15, 0.2) is 0 Å². The Morgan fingerprint density at radius 2 is 2.50 bits per heavy atom. The minimum atomic E-state index is -0.785. The Morgan fingerprint density at radius 1 is 2.00 bits per heavy atom. The maximum Gasteiger partial charge on any atom is 0.220 e. The molecule has 0 bridgehead atoms. The smallest absolute Gasteiger partial charge is 0.220 e. The lowest BCUT2D eigenvalue weighted by atomic mass is 10.2. The predicted octanol–water partition coefficient (Wildman–Crippen LogP) is -0.591. The summed E-state index contributed by atoms with van der Waals surface area (Å²) in [6.45, 7) is 3.26. The zero-order chi connectivity index (χ0) is 6.57. The van der Waals surface area contributed by atoms with E-state index in [1.54, 1.807) is 0 Å². The van der Waals surface area contributed by atoms with Crippen LogP contribution < -0.4 is 5.73 Å². The first-order valence-electron chi connectivity index (χ1n) is 2.25. The molecule has 0 aromatic heterocycles. The quantitative estimate of drug-likeness (QED) is 0.483. The first kappa shape index (κ1) is 7.17. The lowest BCUT2D eigenvalue weighted by Gasteiger charge is -1.97. The van der Waals surface area contributed by atoms with Crippen LogP contribution in [0, 0.1) is 0 Å². The maximum atomic E-state index is 9.98. The van der Waals surface area contributed by atoms with Crippen LogP contribution in [0.5, 0.6) is 0 Å². The monoisotopic (exact) mass is 115 g/mol. The first-order valence-corrected chi connectivity index (χ1v) is 2.25. The van der Waals surface area contributed by atoms with E-state index in [1.807, 2.05) is 0 Å². The van der Waals surface area contributed by atoms with Crippen molar-refractivity contribution in [1.82, 2.24) is 0 Å². The molecule has 0 aliphatic rings. The number of rotatable bonds is 3. The van der Waals surface area contributed by atoms with Gasteiger partial charge in [-0.1, -0.05) is 6.08 Å². The van der Waals surface area contributed by atoms with E-state index in [2.05, 4.69) is 6.58 Å². The van der Waals surface area contributed by atoms with Crippen molar-refractivity contribution in [3.63, 3.8) is 0 Å². The SMILES string of the molecule is C=C[C@H](O)CC(N)=O. The number of hydrogen-bond acceptors (Lipinski definition) is 2. The van der Waals surface area contributed by atoms with E-state index in [4.69, 9.17) is 10.8 Å². The third-order valence-electron chi connectivity index (χ3n) is 0.682. The molecule has 1 atom stereocenters. The highest BCUT2D eigenvalue weighted by Crippen LogP contribution is 1.88. The Bertz CT molecular complexity index is 101. The number of carbonyl (C=O) groups excluding carboxylic acids is 1. The normalized spacial score (nSPS) is 12.6. The summed E-state index contributed by atoms with van der Waals surface area (Å²) in [5, 5.41) is 8.61. The number of primary amides is 1. The van der Waals surface area contributed by atoms with Crippen molar-refractivity contribution in [2.45, 2.75) is 12.5 Å². The third kappa shape index (κ3) is 3.36. The van der Waals surface area contributed by atoms with Crippen LogP contribution in [-0.4, -0.2) is 17.1 Å². The van der Waals surface area contributed by atoms with Crippen molar-refractivity contribution >= 4 is 5.91 Å². The highest BCUT2D eigenvalue weighted by atomic mass is 16.3. The highest BCUT2D eigenvalue weighted by Gasteiger charge is 2.00. The molecule has 0 spiro atoms. The van der Waals surface area contributed by atoms with Gasteiger partial charge in [0.25, 0.3) is 0 Å². The average molecular weight is 115 g/mol. The minimum absolute atomic E-state index is 0.0382. The first-order chi connectivity index (χ1) is 3.66. The standard InChI is InChI=1S/C5H9NO2/c1-2-4(7)3-5(6)8/h2,4,7H,1,3H2,(H2,6,8)/t4-/m0/s1. The molecule has 3 N–H and O–H groups in total. The van der Waals surface area contributed by atoms with Crippen molar-refractivity contribution in [3.8, 4) is 0 Å². The molecule has 0 radical (unpaired) electrons. The fourth-order valence-electron chi connectivity index (χ4n) is 0.289. The fraction of sp³-hybridized carbons (Fsp3) is 0.400. The number of carbonyl (C=O) groups is 1. The molecule has 0 unspecified atom stereocenters. The van der Waals surface area contributed by atoms with E-state index in [-0.39, 0.29) is 6.42 Å². The summed E-state index contributed by atoms with van der Waals surface area (Å²) < 4.78 is 0. The number of aliphatic hydroxyl groups is 1. The van der Waals surface area contributed by atoms with Crippen LogP contribution in [0.1, 0.15) is 6.42 Å². The molecule has 0 rings (SSSR count). The van der Waals surface area contributed by atoms with Crippen molar-refractivity contribution < 1.29 is 9.90 Å². The van der Waals surface area contributed by atoms with Crippen molar-refractivity contribution in [2.75, 3.05) is 0 Å². The number of hydrogen-bond donors (Lipinski definition) is 2. The van der Waals surface area contributed by atoms with E-state index < -0.39 is 12.0 Å². The predicted molar refractivity (Wildman–Crippen MR) is 30.0 cm³/mol. The summed E-state index contributed by atoms with van der Waals surface area (Å²) in [6, 6.07) is 0. The van der Waals surface area contributed by atoms with E-state index in [9.17, 15) is 4.79 Å². The lowest BCUT2D eigenvalue weighted by Crippen LogP contribution is -2.17. The molecule has 3 nitrogen and oxygen atoms in total. The number of amides is 1. The summed E-state index contributed by atoms with van der Waals surface area (Å²) in [5.41, 5.74) is 4.72. The molecule has 1 amide bonds. The van der Waals surface area contributed by atoms with Gasteiger partial charge in [-0.25, -0.2) is 0 Å². The second-order valence-corrected chi connectivity index (χ2v) is 1.47. The topological polar surface area (TPSA) is 63.3 Å². The molecular formula is C5H9NO2. The van der Waals surface area contributed by atoms with Gasteiger partial charge in [-0.15, -0.1) is 6.58 Å². The molecule has 0 aliphatic carbocycles. The van der Waals surface area contributed by atoms with E-state index in [1.165, 1.54) is 6.08 Å². The van der Waals surface area contributed by atoms with Crippen LogP contribution in [0.4, 0.5) is 0 Å². The molecule has 3 heteroatoms. The maximum absolute atomic E-state index is 9.98. The molecule has 0 fully saturated rings. The number of aliphatic hydroxyl groups excluding tert-OH is 1. The van der Waals surface area contributed by atoms with Gasteiger partial charge in [-0.3, -0.25) is 4.79 Å². The van der Waals surface area contributed by atoms with Crippen LogP contribution in [0.3, 0.4) is 0 Å². The second kappa shape index (κ2) is 3.21. The van der Waals surface area contributed by atoms with Gasteiger partial charge in [0, 0.05) is 0 Å². The Kier molecular flexibility index (Phi) is 2.88. The summed E-state index contributed by atoms with van der Waals surface area (Å²) >= 11 is 0. The number of nitrogens with two attached hydrogens (primary N) is 1. The van der Waals surface area contributed by atoms with Crippen LogP contribution in [0.25, 0.3) is 0 Å². The Hall–Kier alpha value is -0.830. The molecule has 0 heterocycles. The summed E-state index contributed by atoms with van der Waals surface area (Å²) in [4.78, 5) is 9.98. The van der Waals surface area contributed by atoms with Crippen molar-refractivity contribution in [3.05, 3.63) is 12.7 Å². The molecule has 0 saturated heterocycles. The van der Waals surface area contributed by atoms with Gasteiger partial charge in [0.1, 0.15) is 0 Å². The Balaban J connectivity index is 3.38. The van der Waals surface area contributed by atoms with E-state index >= 15 is 0 Å². The van der Waals surface area contributed by atoms with E-state index in [0.717, 1.165) is 0 Å². The molecule has 0 saturated carbocycles. The van der Waals surface area contributed by atoms with Crippen molar-refractivity contribution in [2.24, 2.45) is 5.73 Å². The Morgan fingerprint density at radius 3 is 2.62 bits per heavy atom. The van der Waals surface area contributed by atoms with Gasteiger partial charge >= 0.3 is 0 Å². The molecule has 0 aromatic rings. The van der Waals surface area contributed by atoms with Gasteiger partial charge in [-0.2, -0.15) is 0 Å². The van der Waals surface area contributed by atoms with Crippen LogP contribution in [0.2, 0.25) is 0 Å². The second-order valence-electron chi connectivity index (χ2n) is 1.47. The van der Waals surface area contributed by atoms with Crippen molar-refractivity contribution in [1.29, 1.82) is 0 Å².